The van der Waals surface area contributed by atoms with Crippen LogP contribution in [0.3, 0.4) is 0 Å². The van der Waals surface area contributed by atoms with Crippen LogP contribution in [0.25, 0.3) is 0 Å². The van der Waals surface area contributed by atoms with Crippen molar-refractivity contribution in [2.75, 3.05) is 6.54 Å². The number of rotatable bonds is 22. The summed E-state index contributed by atoms with van der Waals surface area (Å²) in [6.07, 6.45) is 2.30. The van der Waals surface area contributed by atoms with Crippen LogP contribution in [-0.2, 0) is 69.8 Å². The molecule has 0 spiro atoms. The smallest absolute Gasteiger partial charge is 0.408 e. The molecule has 350 valence electrons. The monoisotopic (exact) mass is 917 g/mol. The van der Waals surface area contributed by atoms with Gasteiger partial charge in [0.1, 0.15) is 43.1 Å². The summed E-state index contributed by atoms with van der Waals surface area (Å²) in [5, 5.41) is 10.3. The lowest BCUT2D eigenvalue weighted by atomic mass is 10.1. The number of alkyl carbamates (subject to hydrolysis) is 1. The fraction of sp³-hybridized carbons (Fsp3) is 0.400. The van der Waals surface area contributed by atoms with Crippen molar-refractivity contribution < 1.29 is 46.6 Å². The molecule has 4 amide bonds. The van der Waals surface area contributed by atoms with E-state index in [-0.39, 0.29) is 50.0 Å². The third-order valence-corrected chi connectivity index (χ3v) is 10.7. The van der Waals surface area contributed by atoms with Crippen LogP contribution in [0.15, 0.2) is 107 Å². The Morgan fingerprint density at radius 1 is 0.785 bits per heavy atom. The van der Waals surface area contributed by atoms with Gasteiger partial charge in [-0.3, -0.25) is 19.4 Å². The van der Waals surface area contributed by atoms with Crippen molar-refractivity contribution in [2.45, 2.75) is 115 Å². The van der Waals surface area contributed by atoms with Crippen molar-refractivity contribution in [3.8, 4) is 0 Å². The Morgan fingerprint density at radius 3 is 2.02 bits per heavy atom. The molecule has 19 nitrogen and oxygen atoms in total. The van der Waals surface area contributed by atoms with Crippen molar-refractivity contribution >= 4 is 45.8 Å². The first-order chi connectivity index (χ1) is 30.8. The van der Waals surface area contributed by atoms with Crippen LogP contribution >= 0.6 is 0 Å². The van der Waals surface area contributed by atoms with Crippen LogP contribution in [0.4, 0.5) is 4.79 Å². The summed E-state index contributed by atoms with van der Waals surface area (Å²) in [6, 6.07) is 19.8. The number of aliphatic imine (C=N–C) groups is 1. The number of aromatic nitrogens is 2. The van der Waals surface area contributed by atoms with Gasteiger partial charge in [0.15, 0.2) is 0 Å². The largest absolute Gasteiger partial charge is 0.459 e. The molecule has 0 radical (unpaired) electrons. The summed E-state index contributed by atoms with van der Waals surface area (Å²) in [7, 11) is -4.02. The van der Waals surface area contributed by atoms with Gasteiger partial charge in [-0.2, -0.15) is 0 Å². The average Bonchev–Trinajstić information content (AvgIpc) is 3.70. The van der Waals surface area contributed by atoms with Gasteiger partial charge < -0.3 is 45.8 Å². The van der Waals surface area contributed by atoms with Crippen LogP contribution < -0.4 is 31.7 Å². The second-order valence-corrected chi connectivity index (χ2v) is 17.9. The lowest BCUT2D eigenvalue weighted by Gasteiger charge is -2.25. The van der Waals surface area contributed by atoms with Crippen LogP contribution in [0.1, 0.15) is 69.8 Å². The molecule has 0 saturated carbocycles. The molecular formula is C45H59N9O10S. The molecule has 0 aliphatic rings. The number of esters is 1. The highest BCUT2D eigenvalue weighted by molar-refractivity contribution is 7.90. The second kappa shape index (κ2) is 24.3. The number of hydrogen-bond acceptors (Lipinski definition) is 12. The highest BCUT2D eigenvalue weighted by atomic mass is 32.2. The first-order valence-corrected chi connectivity index (χ1v) is 22.4. The van der Waals surface area contributed by atoms with Gasteiger partial charge in [-0.25, -0.2) is 27.7 Å². The quantitative estimate of drug-likeness (QED) is 0.0288. The van der Waals surface area contributed by atoms with E-state index >= 15 is 0 Å². The average molecular weight is 918 g/mol. The van der Waals surface area contributed by atoms with Crippen molar-refractivity contribution in [3.05, 3.63) is 120 Å². The zero-order chi connectivity index (χ0) is 47.6. The summed E-state index contributed by atoms with van der Waals surface area (Å²) in [5.74, 6) is -3.38. The number of nitrogens with two attached hydrogens (primary N) is 1. The third-order valence-electron chi connectivity index (χ3n) is 9.28. The van der Waals surface area contributed by atoms with E-state index in [4.69, 9.17) is 19.9 Å². The standard InChI is InChI=1S/C45H59N9O10S/c1-30-19-21-36(22-20-30)65(60,61)53-43(46)47-23-13-18-37(40(56)50-32(3)42(58)63-27-34-16-11-8-12-17-34)51-39(55)31(2)49-41(57)38(52-44(59)64-45(4,5)6)24-35-25-54(28-48-35)29-62-26-33-14-9-7-10-15-33/h7-12,14-17,19-22,25,28,31-32,37-38H,13,18,23-24,26-27,29H2,1-6H3,(H,49,57)(H,50,56)(H,51,55)(H,52,59)(H3,46,47,53)/t31-,32-,37+,38+/m1/s1. The molecule has 3 aromatic carbocycles. The number of hydrogen-bond donors (Lipinski definition) is 6. The minimum Gasteiger partial charge on any atom is -0.459 e. The van der Waals surface area contributed by atoms with Crippen molar-refractivity contribution in [2.24, 2.45) is 10.7 Å². The van der Waals surface area contributed by atoms with Crippen LogP contribution in [-0.4, -0.2) is 90.0 Å². The van der Waals surface area contributed by atoms with Gasteiger partial charge in [-0.05, 0) is 77.6 Å². The molecule has 0 aliphatic carbocycles. The molecular weight excluding hydrogens is 859 g/mol. The van der Waals surface area contributed by atoms with Crippen molar-refractivity contribution in [1.29, 1.82) is 0 Å². The molecule has 1 heterocycles. The molecule has 0 bridgehead atoms. The van der Waals surface area contributed by atoms with E-state index in [1.807, 2.05) is 43.3 Å². The SMILES string of the molecule is Cc1ccc(S(=O)(=O)NC(N)=NCCC[C@H](NC(=O)[C@@H](C)NC(=O)[C@H](Cc2cn(COCc3ccccc3)cn2)NC(=O)OC(C)(C)C)C(=O)N[C@H](C)C(=O)OCc2ccccc2)cc1. The summed E-state index contributed by atoms with van der Waals surface area (Å²) >= 11 is 0. The van der Waals surface area contributed by atoms with Crippen molar-refractivity contribution in [3.63, 3.8) is 0 Å². The number of carbonyl (C=O) groups excluding carboxylic acids is 5. The minimum atomic E-state index is -4.02. The fourth-order valence-corrected chi connectivity index (χ4v) is 6.86. The van der Waals surface area contributed by atoms with Gasteiger partial charge >= 0.3 is 12.1 Å². The minimum absolute atomic E-state index is 0.0127. The topological polar surface area (TPSA) is 264 Å². The molecule has 65 heavy (non-hydrogen) atoms. The first kappa shape index (κ1) is 50.8. The summed E-state index contributed by atoms with van der Waals surface area (Å²) in [6.45, 7) is 10.1. The molecule has 7 N–H and O–H groups in total. The maximum Gasteiger partial charge on any atom is 0.408 e. The Bertz CT molecular complexity index is 2340. The van der Waals surface area contributed by atoms with Gasteiger partial charge in [-0.1, -0.05) is 78.4 Å². The predicted molar refractivity (Wildman–Crippen MR) is 241 cm³/mol. The molecule has 0 unspecified atom stereocenters. The maximum atomic E-state index is 13.8. The Kier molecular flexibility index (Phi) is 19.0. The van der Waals surface area contributed by atoms with E-state index in [0.717, 1.165) is 16.7 Å². The molecule has 0 aliphatic heterocycles. The lowest BCUT2D eigenvalue weighted by molar-refractivity contribution is -0.148. The van der Waals surface area contributed by atoms with Crippen molar-refractivity contribution in [1.82, 2.24) is 35.5 Å². The normalized spacial score (nSPS) is 13.6. The van der Waals surface area contributed by atoms with E-state index in [1.54, 1.807) is 67.9 Å². The molecule has 1 aromatic heterocycles. The number of nitrogens with one attached hydrogen (secondary N) is 5. The van der Waals surface area contributed by atoms with Crippen LogP contribution in [0.2, 0.25) is 0 Å². The molecule has 4 rings (SSSR count). The van der Waals surface area contributed by atoms with Gasteiger partial charge in [0, 0.05) is 19.2 Å². The number of carbonyl (C=O) groups is 5. The molecule has 4 atom stereocenters. The molecule has 20 heteroatoms. The number of aryl methyl sites for hydroxylation is 1. The van der Waals surface area contributed by atoms with Crippen LogP contribution in [0.5, 0.6) is 0 Å². The summed E-state index contributed by atoms with van der Waals surface area (Å²) in [5.41, 5.74) is 8.03. The molecule has 0 saturated heterocycles. The van der Waals surface area contributed by atoms with E-state index in [9.17, 15) is 32.4 Å². The van der Waals surface area contributed by atoms with E-state index in [0.29, 0.717) is 12.3 Å². The van der Waals surface area contributed by atoms with Gasteiger partial charge in [-0.15, -0.1) is 0 Å². The molecule has 4 aromatic rings. The zero-order valence-electron chi connectivity index (χ0n) is 37.4. The lowest BCUT2D eigenvalue weighted by Crippen LogP contribution is -2.57. The highest BCUT2D eigenvalue weighted by Crippen LogP contribution is 2.12. The Hall–Kier alpha value is -6.80. The Morgan fingerprint density at radius 2 is 1.38 bits per heavy atom. The third kappa shape index (κ3) is 18.1. The highest BCUT2D eigenvalue weighted by Gasteiger charge is 2.30. The number of imidazole rings is 1. The summed E-state index contributed by atoms with van der Waals surface area (Å²) < 4.78 is 46.0. The summed E-state index contributed by atoms with van der Waals surface area (Å²) in [4.78, 5) is 75.2. The second-order valence-electron chi connectivity index (χ2n) is 16.2. The number of sulfonamides is 1. The maximum absolute atomic E-state index is 13.8. The van der Waals surface area contributed by atoms with E-state index in [1.165, 1.54) is 32.3 Å². The van der Waals surface area contributed by atoms with Gasteiger partial charge in [0.2, 0.25) is 23.7 Å². The number of benzene rings is 3. The Balaban J connectivity index is 1.42. The predicted octanol–water partition coefficient (Wildman–Crippen LogP) is 3.11. The van der Waals surface area contributed by atoms with E-state index < -0.39 is 69.6 Å². The fourth-order valence-electron chi connectivity index (χ4n) is 5.91. The number of guanidine groups is 1. The number of amides is 4. The number of nitrogens with zero attached hydrogens (tertiary/aromatic N) is 3. The number of ether oxygens (including phenoxy) is 3. The van der Waals surface area contributed by atoms with Crippen LogP contribution in [0, 0.1) is 6.92 Å². The van der Waals surface area contributed by atoms with Gasteiger partial charge in [0.25, 0.3) is 10.0 Å². The Labute approximate surface area is 379 Å². The first-order valence-electron chi connectivity index (χ1n) is 20.9. The zero-order valence-corrected chi connectivity index (χ0v) is 38.2. The molecule has 0 fully saturated rings. The van der Waals surface area contributed by atoms with E-state index in [2.05, 4.69) is 36.0 Å². The van der Waals surface area contributed by atoms with Gasteiger partial charge in [0.05, 0.1) is 23.5 Å².